The molecule has 0 saturated heterocycles. The number of H-pyrrole nitrogens is 1. The van der Waals surface area contributed by atoms with Crippen LogP contribution in [0.15, 0.2) is 56.2 Å². The molecule has 0 aliphatic heterocycles. The van der Waals surface area contributed by atoms with Crippen LogP contribution < -0.4 is 5.32 Å². The van der Waals surface area contributed by atoms with Gasteiger partial charge in [0.05, 0.1) is 28.7 Å². The number of aromatic nitrogens is 5. The van der Waals surface area contributed by atoms with Gasteiger partial charge in [0.2, 0.25) is 0 Å². The minimum atomic E-state index is -0.473. The second-order valence-corrected chi connectivity index (χ2v) is 7.81. The molecule has 0 aliphatic rings. The van der Waals surface area contributed by atoms with Crippen molar-refractivity contribution in [1.29, 1.82) is 0 Å². The molecule has 4 rings (SSSR count). The average molecular weight is 454 g/mol. The van der Waals surface area contributed by atoms with Crippen LogP contribution in [0.4, 0.5) is 9.18 Å². The van der Waals surface area contributed by atoms with Gasteiger partial charge in [-0.05, 0) is 6.07 Å². The Morgan fingerprint density at radius 2 is 2.06 bits per heavy atom. The Kier molecular flexibility index (Phi) is 5.67. The van der Waals surface area contributed by atoms with Crippen molar-refractivity contribution in [3.63, 3.8) is 0 Å². The molecule has 2 atom stereocenters. The molecule has 0 bridgehead atoms. The first-order chi connectivity index (χ1) is 15.3. The first kappa shape index (κ1) is 21.5. The van der Waals surface area contributed by atoms with E-state index in [-0.39, 0.29) is 6.03 Å². The second-order valence-electron chi connectivity index (χ2n) is 7.40. The first-order valence-corrected chi connectivity index (χ1v) is 10.1. The number of urea groups is 1. The molecular formula is C22H21ClFN7O. The minimum absolute atomic E-state index is 0.270. The fourth-order valence-electron chi connectivity index (χ4n) is 3.50. The zero-order chi connectivity index (χ0) is 23.0. The van der Waals surface area contributed by atoms with Gasteiger partial charge in [0, 0.05) is 43.6 Å². The number of pyridine rings is 1. The molecule has 4 heterocycles. The van der Waals surface area contributed by atoms with Gasteiger partial charge in [-0.15, -0.1) is 13.2 Å². The topological polar surface area (TPSA) is 91.7 Å². The zero-order valence-corrected chi connectivity index (χ0v) is 18.3. The van der Waals surface area contributed by atoms with Gasteiger partial charge in [0.1, 0.15) is 17.1 Å². The van der Waals surface area contributed by atoms with Crippen LogP contribution >= 0.6 is 11.6 Å². The van der Waals surface area contributed by atoms with E-state index < -0.39 is 17.9 Å². The lowest BCUT2D eigenvalue weighted by atomic mass is 10.1. The van der Waals surface area contributed by atoms with Crippen molar-refractivity contribution in [2.45, 2.75) is 12.1 Å². The molecule has 32 heavy (non-hydrogen) atoms. The molecular weight excluding hydrogens is 433 g/mol. The smallest absolute Gasteiger partial charge is 0.317 e. The number of hydrogen-bond acceptors (Lipinski definition) is 4. The number of aromatic amines is 1. The molecule has 0 aromatic carbocycles. The standard InChI is InChI=1S/C22H21ClFN7O/c1-5-17(28-22(32)30(3)4)18(6-2)31-11-16(23)15-10-27-20(29-21(15)31)14-9-26-19-13(14)7-12(24)8-25-19/h5-11,17-18H,1-2H2,3-4H3,(H,25,26)(H,28,32)/t17-,18-/m0/s1. The van der Waals surface area contributed by atoms with Crippen molar-refractivity contribution in [3.05, 3.63) is 67.0 Å². The van der Waals surface area contributed by atoms with Gasteiger partial charge in [0.25, 0.3) is 0 Å². The van der Waals surface area contributed by atoms with Crippen LogP contribution in [0.3, 0.4) is 0 Å². The molecule has 2 N–H and O–H groups in total. The van der Waals surface area contributed by atoms with Gasteiger partial charge >= 0.3 is 6.03 Å². The Hall–Kier alpha value is -3.72. The van der Waals surface area contributed by atoms with Crippen LogP contribution in [0.1, 0.15) is 6.04 Å². The van der Waals surface area contributed by atoms with Gasteiger partial charge < -0.3 is 19.8 Å². The lowest BCUT2D eigenvalue weighted by Crippen LogP contribution is -2.44. The molecule has 10 heteroatoms. The summed E-state index contributed by atoms with van der Waals surface area (Å²) in [5.41, 5.74) is 1.67. The number of amides is 2. The maximum atomic E-state index is 13.8. The molecule has 0 radical (unpaired) electrons. The van der Waals surface area contributed by atoms with E-state index in [4.69, 9.17) is 16.6 Å². The third-order valence-corrected chi connectivity index (χ3v) is 5.44. The van der Waals surface area contributed by atoms with Gasteiger partial charge in [0.15, 0.2) is 5.82 Å². The Balaban J connectivity index is 1.83. The third-order valence-electron chi connectivity index (χ3n) is 5.14. The van der Waals surface area contributed by atoms with Crippen LogP contribution in [0.5, 0.6) is 0 Å². The van der Waals surface area contributed by atoms with E-state index in [0.29, 0.717) is 38.5 Å². The molecule has 0 unspecified atom stereocenters. The van der Waals surface area contributed by atoms with Crippen LogP contribution in [0.25, 0.3) is 33.5 Å². The van der Waals surface area contributed by atoms with E-state index in [9.17, 15) is 9.18 Å². The van der Waals surface area contributed by atoms with E-state index in [1.807, 2.05) is 4.57 Å². The number of carbonyl (C=O) groups excluding carboxylic acids is 1. The highest BCUT2D eigenvalue weighted by molar-refractivity contribution is 6.35. The summed E-state index contributed by atoms with van der Waals surface area (Å²) in [6, 6.07) is 0.216. The number of fused-ring (bicyclic) bond motifs is 2. The largest absolute Gasteiger partial charge is 0.345 e. The maximum absolute atomic E-state index is 13.8. The Bertz CT molecular complexity index is 1340. The molecule has 0 spiro atoms. The van der Waals surface area contributed by atoms with E-state index in [1.165, 1.54) is 11.0 Å². The summed E-state index contributed by atoms with van der Waals surface area (Å²) in [5.74, 6) is -0.0783. The van der Waals surface area contributed by atoms with Crippen molar-refractivity contribution in [2.24, 2.45) is 0 Å². The average Bonchev–Trinajstić information content (AvgIpc) is 3.33. The number of hydrogen-bond donors (Lipinski definition) is 2. The molecule has 164 valence electrons. The van der Waals surface area contributed by atoms with Gasteiger partial charge in [-0.3, -0.25) is 0 Å². The number of carbonyl (C=O) groups is 1. The van der Waals surface area contributed by atoms with Crippen molar-refractivity contribution in [1.82, 2.24) is 34.7 Å². The van der Waals surface area contributed by atoms with Crippen molar-refractivity contribution < 1.29 is 9.18 Å². The zero-order valence-electron chi connectivity index (χ0n) is 17.5. The first-order valence-electron chi connectivity index (χ1n) is 9.73. The minimum Gasteiger partial charge on any atom is -0.345 e. The second kappa shape index (κ2) is 8.43. The molecule has 4 aromatic heterocycles. The molecule has 4 aromatic rings. The van der Waals surface area contributed by atoms with Crippen LogP contribution in [0, 0.1) is 5.82 Å². The summed E-state index contributed by atoms with van der Waals surface area (Å²) >= 11 is 6.45. The summed E-state index contributed by atoms with van der Waals surface area (Å²) in [6.07, 6.45) is 9.47. The molecule has 0 aliphatic carbocycles. The summed E-state index contributed by atoms with van der Waals surface area (Å²) in [4.78, 5) is 29.8. The highest BCUT2D eigenvalue weighted by Crippen LogP contribution is 2.32. The normalized spacial score (nSPS) is 13.1. The summed E-state index contributed by atoms with van der Waals surface area (Å²) < 4.78 is 15.6. The highest BCUT2D eigenvalue weighted by Gasteiger charge is 2.24. The third kappa shape index (κ3) is 3.71. The Labute approximate surface area is 188 Å². The van der Waals surface area contributed by atoms with Gasteiger partial charge in [-0.1, -0.05) is 23.8 Å². The fourth-order valence-corrected chi connectivity index (χ4v) is 3.74. The van der Waals surface area contributed by atoms with Gasteiger partial charge in [-0.2, -0.15) is 0 Å². The van der Waals surface area contributed by atoms with Crippen molar-refractivity contribution in [3.8, 4) is 11.4 Å². The van der Waals surface area contributed by atoms with Gasteiger partial charge in [-0.25, -0.2) is 24.1 Å². The van der Waals surface area contributed by atoms with E-state index >= 15 is 0 Å². The van der Waals surface area contributed by atoms with Crippen LogP contribution in [0.2, 0.25) is 5.02 Å². The fraction of sp³-hybridized carbons (Fsp3) is 0.182. The molecule has 2 amide bonds. The number of nitrogens with one attached hydrogen (secondary N) is 2. The maximum Gasteiger partial charge on any atom is 0.317 e. The predicted octanol–water partition coefficient (Wildman–Crippen LogP) is 4.32. The van der Waals surface area contributed by atoms with E-state index in [2.05, 4.69) is 33.4 Å². The SMILES string of the molecule is C=C[C@H](NC(=O)N(C)C)[C@H](C=C)n1cc(Cl)c2cnc(-c3c[nH]c4ncc(F)cc34)nc21. The van der Waals surface area contributed by atoms with E-state index in [0.717, 1.165) is 6.20 Å². The van der Waals surface area contributed by atoms with Crippen molar-refractivity contribution in [2.75, 3.05) is 14.1 Å². The number of rotatable bonds is 6. The van der Waals surface area contributed by atoms with E-state index in [1.54, 1.807) is 44.8 Å². The highest BCUT2D eigenvalue weighted by atomic mass is 35.5. The molecule has 8 nitrogen and oxygen atoms in total. The lowest BCUT2D eigenvalue weighted by Gasteiger charge is -2.26. The Morgan fingerprint density at radius 1 is 1.28 bits per heavy atom. The Morgan fingerprint density at radius 3 is 2.75 bits per heavy atom. The summed E-state index contributed by atoms with van der Waals surface area (Å²) in [6.45, 7) is 7.77. The molecule has 0 saturated carbocycles. The van der Waals surface area contributed by atoms with Crippen molar-refractivity contribution >= 4 is 39.7 Å². The number of nitrogens with zero attached hydrogens (tertiary/aromatic N) is 5. The monoisotopic (exact) mass is 453 g/mol. The van der Waals surface area contributed by atoms with Crippen LogP contribution in [-0.2, 0) is 0 Å². The summed E-state index contributed by atoms with van der Waals surface area (Å²) in [7, 11) is 3.30. The predicted molar refractivity (Wildman–Crippen MR) is 123 cm³/mol. The molecule has 0 fully saturated rings. The summed E-state index contributed by atoms with van der Waals surface area (Å²) in [5, 5.41) is 4.55. The van der Waals surface area contributed by atoms with Crippen LogP contribution in [-0.4, -0.2) is 55.6 Å². The number of halogens is 2. The lowest BCUT2D eigenvalue weighted by molar-refractivity contribution is 0.213. The quantitative estimate of drug-likeness (QED) is 0.425.